The topological polar surface area (TPSA) is 121 Å². The summed E-state index contributed by atoms with van der Waals surface area (Å²) in [6, 6.07) is 28.7. The molecule has 2 aliphatic rings. The molecule has 2 aliphatic heterocycles. The lowest BCUT2D eigenvalue weighted by Gasteiger charge is -2.37. The zero-order valence-corrected chi connectivity index (χ0v) is 25.2. The summed E-state index contributed by atoms with van der Waals surface area (Å²) in [5.74, 6) is 1.50. The summed E-state index contributed by atoms with van der Waals surface area (Å²) >= 11 is 0. The Balaban J connectivity index is 1.08. The summed E-state index contributed by atoms with van der Waals surface area (Å²) in [7, 11) is 2.14. The molecule has 4 aromatic rings. The Morgan fingerprint density at radius 2 is 1.60 bits per heavy atom. The van der Waals surface area contributed by atoms with E-state index in [1.807, 2.05) is 84.9 Å². The van der Waals surface area contributed by atoms with Gasteiger partial charge in [0.1, 0.15) is 17.3 Å². The van der Waals surface area contributed by atoms with Crippen LogP contribution in [0.4, 0.5) is 16.3 Å². The number of hydrogen-bond acceptors (Lipinski definition) is 7. The molecule has 0 aliphatic carbocycles. The number of para-hydroxylation sites is 1. The Kier molecular flexibility index (Phi) is 8.74. The first-order valence-corrected chi connectivity index (χ1v) is 15.1. The molecular formula is C35H36N6O4. The molecule has 2 fully saturated rings. The molecule has 10 heteroatoms. The van der Waals surface area contributed by atoms with Crippen LogP contribution in [0.1, 0.15) is 35.2 Å². The second-order valence-corrected chi connectivity index (χ2v) is 11.4. The molecule has 6 rings (SSSR count). The van der Waals surface area contributed by atoms with Crippen LogP contribution in [-0.2, 0) is 11.3 Å². The predicted molar refractivity (Wildman–Crippen MR) is 173 cm³/mol. The summed E-state index contributed by atoms with van der Waals surface area (Å²) in [4.78, 5) is 47.0. The maximum Gasteiger partial charge on any atom is 0.328 e. The number of carbonyl (C=O) groups excluding carboxylic acids is 3. The number of ether oxygens (including phenoxy) is 1. The molecule has 3 heterocycles. The van der Waals surface area contributed by atoms with E-state index in [0.717, 1.165) is 60.9 Å². The van der Waals surface area contributed by atoms with Crippen LogP contribution in [0.3, 0.4) is 0 Å². The summed E-state index contributed by atoms with van der Waals surface area (Å²) in [5.41, 5.74) is 9.40. The van der Waals surface area contributed by atoms with E-state index in [9.17, 15) is 14.4 Å². The highest BCUT2D eigenvalue weighted by Gasteiger charge is 2.26. The van der Waals surface area contributed by atoms with Crippen molar-refractivity contribution in [3.8, 4) is 22.8 Å². The van der Waals surface area contributed by atoms with Gasteiger partial charge >= 0.3 is 6.03 Å². The van der Waals surface area contributed by atoms with E-state index in [2.05, 4.69) is 22.2 Å². The van der Waals surface area contributed by atoms with E-state index in [1.54, 1.807) is 11.0 Å². The van der Waals surface area contributed by atoms with Gasteiger partial charge in [0.05, 0.1) is 11.3 Å². The monoisotopic (exact) mass is 604 g/mol. The minimum absolute atomic E-state index is 0.237. The third-order valence-electron chi connectivity index (χ3n) is 8.40. The maximum atomic E-state index is 12.3. The van der Waals surface area contributed by atoms with Crippen LogP contribution in [0.15, 0.2) is 91.0 Å². The molecule has 2 saturated heterocycles. The van der Waals surface area contributed by atoms with Crippen LogP contribution >= 0.6 is 0 Å². The lowest BCUT2D eigenvalue weighted by atomic mass is 10.0. The number of benzene rings is 3. The zero-order valence-electron chi connectivity index (χ0n) is 25.2. The molecule has 4 amide bonds. The van der Waals surface area contributed by atoms with Gasteiger partial charge in [0.15, 0.2) is 0 Å². The molecule has 0 radical (unpaired) electrons. The average Bonchev–Trinajstić information content (AvgIpc) is 3.06. The first kappa shape index (κ1) is 29.8. The number of urea groups is 1. The molecule has 0 spiro atoms. The Hall–Kier alpha value is -5.22. The van der Waals surface area contributed by atoms with Gasteiger partial charge in [-0.15, -0.1) is 0 Å². The Morgan fingerprint density at radius 3 is 2.27 bits per heavy atom. The summed E-state index contributed by atoms with van der Waals surface area (Å²) in [6.07, 6.45) is 2.24. The number of carbonyl (C=O) groups is 3. The number of nitrogens with one attached hydrogen (secondary N) is 1. The molecule has 3 N–H and O–H groups in total. The van der Waals surface area contributed by atoms with Crippen molar-refractivity contribution in [2.75, 3.05) is 36.5 Å². The molecule has 10 nitrogen and oxygen atoms in total. The van der Waals surface area contributed by atoms with Crippen molar-refractivity contribution in [2.45, 2.75) is 31.8 Å². The first-order valence-electron chi connectivity index (χ1n) is 15.1. The lowest BCUT2D eigenvalue weighted by molar-refractivity contribution is -0.120. The van der Waals surface area contributed by atoms with Crippen LogP contribution in [0.25, 0.3) is 11.3 Å². The van der Waals surface area contributed by atoms with Gasteiger partial charge < -0.3 is 15.4 Å². The van der Waals surface area contributed by atoms with Gasteiger partial charge in [0.2, 0.25) is 5.91 Å². The Labute approximate surface area is 262 Å². The molecular weight excluding hydrogens is 568 g/mol. The van der Waals surface area contributed by atoms with Crippen LogP contribution in [0.5, 0.6) is 11.5 Å². The average molecular weight is 605 g/mol. The Morgan fingerprint density at radius 1 is 0.911 bits per heavy atom. The van der Waals surface area contributed by atoms with Crippen molar-refractivity contribution in [3.63, 3.8) is 0 Å². The van der Waals surface area contributed by atoms with Gasteiger partial charge in [-0.2, -0.15) is 0 Å². The lowest BCUT2D eigenvalue weighted by Crippen LogP contribution is -2.49. The van der Waals surface area contributed by atoms with Crippen molar-refractivity contribution in [1.29, 1.82) is 0 Å². The number of primary amides is 1. The van der Waals surface area contributed by atoms with Crippen LogP contribution in [0.2, 0.25) is 0 Å². The highest BCUT2D eigenvalue weighted by Crippen LogP contribution is 2.30. The number of pyridine rings is 1. The van der Waals surface area contributed by atoms with E-state index in [0.29, 0.717) is 36.0 Å². The highest BCUT2D eigenvalue weighted by molar-refractivity contribution is 6.05. The van der Waals surface area contributed by atoms with Gasteiger partial charge in [-0.25, -0.2) is 9.78 Å². The number of imide groups is 1. The third kappa shape index (κ3) is 6.97. The second kappa shape index (κ2) is 13.2. The van der Waals surface area contributed by atoms with Gasteiger partial charge in [-0.3, -0.25) is 24.7 Å². The molecule has 1 aromatic heterocycles. The SMILES string of the molecule is CN(Cc1ccc(N2CCC(=O)NC2=O)cc1)C1CCN(c2ccc(C(N)=O)c(-c3ccc(Oc4ccccc4)cc3)n2)CC1. The van der Waals surface area contributed by atoms with Crippen molar-refractivity contribution >= 4 is 29.4 Å². The molecule has 230 valence electrons. The number of hydrogen-bond donors (Lipinski definition) is 2. The van der Waals surface area contributed by atoms with Gasteiger partial charge in [-0.1, -0.05) is 30.3 Å². The van der Waals surface area contributed by atoms with Crippen molar-refractivity contribution < 1.29 is 19.1 Å². The molecule has 0 saturated carbocycles. The Bertz CT molecular complexity index is 1670. The predicted octanol–water partition coefficient (Wildman–Crippen LogP) is 5.19. The largest absolute Gasteiger partial charge is 0.457 e. The molecule has 45 heavy (non-hydrogen) atoms. The molecule has 0 bridgehead atoms. The number of anilines is 2. The first-order chi connectivity index (χ1) is 21.8. The number of aromatic nitrogens is 1. The van der Waals surface area contributed by atoms with Gasteiger partial charge in [0, 0.05) is 49.9 Å². The number of amides is 4. The van der Waals surface area contributed by atoms with E-state index in [1.165, 1.54) is 0 Å². The highest BCUT2D eigenvalue weighted by atomic mass is 16.5. The van der Waals surface area contributed by atoms with Gasteiger partial charge in [-0.05, 0) is 86.1 Å². The van der Waals surface area contributed by atoms with E-state index >= 15 is 0 Å². The quantitative estimate of drug-likeness (QED) is 0.270. The minimum Gasteiger partial charge on any atom is -0.457 e. The van der Waals surface area contributed by atoms with Crippen molar-refractivity contribution in [1.82, 2.24) is 15.2 Å². The maximum absolute atomic E-state index is 12.3. The second-order valence-electron chi connectivity index (χ2n) is 11.4. The molecule has 0 atom stereocenters. The van der Waals surface area contributed by atoms with E-state index < -0.39 is 5.91 Å². The van der Waals surface area contributed by atoms with E-state index in [-0.39, 0.29) is 11.9 Å². The van der Waals surface area contributed by atoms with Crippen molar-refractivity contribution in [2.24, 2.45) is 5.73 Å². The minimum atomic E-state index is -0.517. The molecule has 3 aromatic carbocycles. The zero-order chi connectivity index (χ0) is 31.3. The number of nitrogens with zero attached hydrogens (tertiary/aromatic N) is 4. The number of nitrogens with two attached hydrogens (primary N) is 1. The normalized spacial score (nSPS) is 15.7. The van der Waals surface area contributed by atoms with Crippen LogP contribution in [-0.4, -0.2) is 60.5 Å². The fraction of sp³-hybridized carbons (Fsp3) is 0.257. The third-order valence-corrected chi connectivity index (χ3v) is 8.40. The van der Waals surface area contributed by atoms with Crippen LogP contribution in [0, 0.1) is 0 Å². The van der Waals surface area contributed by atoms with Crippen LogP contribution < -0.4 is 25.6 Å². The molecule has 0 unspecified atom stereocenters. The fourth-order valence-electron chi connectivity index (χ4n) is 5.89. The van der Waals surface area contributed by atoms with Crippen molar-refractivity contribution in [3.05, 3.63) is 102 Å². The van der Waals surface area contributed by atoms with E-state index in [4.69, 9.17) is 15.5 Å². The number of piperidine rings is 1. The summed E-state index contributed by atoms with van der Waals surface area (Å²) < 4.78 is 5.92. The summed E-state index contributed by atoms with van der Waals surface area (Å²) in [6.45, 7) is 2.85. The smallest absolute Gasteiger partial charge is 0.328 e. The number of rotatable bonds is 9. The standard InChI is InChI=1S/C35H36N6O4/c1-39(23-24-7-11-27(12-8-24)41-22-19-32(42)38-35(41)44)26-17-20-40(21-18-26)31-16-15-30(34(36)43)33(37-31)25-9-13-29(14-10-25)45-28-5-3-2-4-6-28/h2-16,26H,17-23H2,1H3,(H2,36,43)(H,38,42,44). The fourth-order valence-corrected chi connectivity index (χ4v) is 5.89. The van der Waals surface area contributed by atoms with Gasteiger partial charge in [0.25, 0.3) is 5.91 Å². The summed E-state index contributed by atoms with van der Waals surface area (Å²) in [5, 5.41) is 2.37.